The first-order valence-electron chi connectivity index (χ1n) is 12.4. The number of likely N-dealkylation sites (tertiary alicyclic amines) is 1. The normalized spacial score (nSPS) is 18.6. The maximum atomic E-state index is 13.6. The van der Waals surface area contributed by atoms with Gasteiger partial charge in [-0.25, -0.2) is 14.4 Å². The van der Waals surface area contributed by atoms with Gasteiger partial charge in [0.05, 0.1) is 22.8 Å². The predicted molar refractivity (Wildman–Crippen MR) is 141 cm³/mol. The van der Waals surface area contributed by atoms with Crippen LogP contribution in [0.1, 0.15) is 32.6 Å². The summed E-state index contributed by atoms with van der Waals surface area (Å²) in [5.41, 5.74) is 1.94. The number of piperidine rings is 1. The van der Waals surface area contributed by atoms with Crippen LogP contribution in [0, 0.1) is 5.82 Å². The lowest BCUT2D eigenvalue weighted by Crippen LogP contribution is -2.37. The van der Waals surface area contributed by atoms with E-state index in [0.717, 1.165) is 19.5 Å². The Morgan fingerprint density at radius 2 is 2.11 bits per heavy atom. The molecule has 0 saturated carbocycles. The van der Waals surface area contributed by atoms with Gasteiger partial charge in [0.25, 0.3) is 5.91 Å². The average Bonchev–Trinajstić information content (AvgIpc) is 3.08. The topological polar surface area (TPSA) is 70.6 Å². The minimum Gasteiger partial charge on any atom is -0.491 e. The molecule has 1 fully saturated rings. The zero-order chi connectivity index (χ0) is 25.1. The Balaban J connectivity index is 1.43. The van der Waals surface area contributed by atoms with Crippen molar-refractivity contribution in [3.63, 3.8) is 0 Å². The first-order chi connectivity index (χ1) is 17.5. The van der Waals surface area contributed by atoms with E-state index in [1.165, 1.54) is 37.7 Å². The standard InChI is InChI=1S/C27H29ClFN5O2/c1-18-6-2-3-10-33(18)11-4-7-26(35)34-12-5-13-36-25-16-23-20(15-24(25)34)27(31-17-30-23)32-19-8-9-22(29)21(28)14-19/h4,7-9,14-18H,2-3,5-6,10-13H2,1H3,(H,30,31,32)/b7-4+. The summed E-state index contributed by atoms with van der Waals surface area (Å²) in [7, 11) is 0. The quantitative estimate of drug-likeness (QED) is 0.444. The summed E-state index contributed by atoms with van der Waals surface area (Å²) >= 11 is 5.95. The highest BCUT2D eigenvalue weighted by atomic mass is 35.5. The number of halogens is 2. The molecule has 2 aliphatic rings. The maximum absolute atomic E-state index is 13.6. The monoisotopic (exact) mass is 509 g/mol. The van der Waals surface area contributed by atoms with E-state index >= 15 is 0 Å². The van der Waals surface area contributed by atoms with Crippen LogP contribution in [0.2, 0.25) is 5.02 Å². The van der Waals surface area contributed by atoms with Gasteiger partial charge in [-0.15, -0.1) is 0 Å². The van der Waals surface area contributed by atoms with Crippen LogP contribution in [0.4, 0.5) is 21.6 Å². The van der Waals surface area contributed by atoms with E-state index in [4.69, 9.17) is 16.3 Å². The number of aromatic nitrogens is 2. The molecule has 9 heteroatoms. The van der Waals surface area contributed by atoms with Crippen LogP contribution in [-0.4, -0.2) is 53.1 Å². The largest absolute Gasteiger partial charge is 0.491 e. The summed E-state index contributed by atoms with van der Waals surface area (Å²) < 4.78 is 19.6. The number of nitrogens with one attached hydrogen (secondary N) is 1. The van der Waals surface area contributed by atoms with Crippen molar-refractivity contribution in [2.24, 2.45) is 0 Å². The zero-order valence-electron chi connectivity index (χ0n) is 20.2. The summed E-state index contributed by atoms with van der Waals surface area (Å²) in [5, 5.41) is 3.92. The van der Waals surface area contributed by atoms with Crippen molar-refractivity contribution in [1.29, 1.82) is 0 Å². The number of hydrogen-bond acceptors (Lipinski definition) is 6. The molecular weight excluding hydrogens is 481 g/mol. The lowest BCUT2D eigenvalue weighted by molar-refractivity contribution is -0.114. The van der Waals surface area contributed by atoms with Gasteiger partial charge in [0.1, 0.15) is 23.7 Å². The van der Waals surface area contributed by atoms with Crippen molar-refractivity contribution in [3.05, 3.63) is 59.7 Å². The Morgan fingerprint density at radius 3 is 2.94 bits per heavy atom. The molecule has 0 radical (unpaired) electrons. The maximum Gasteiger partial charge on any atom is 0.250 e. The van der Waals surface area contributed by atoms with Crippen LogP contribution in [0.3, 0.4) is 0 Å². The third kappa shape index (κ3) is 5.29. The molecule has 1 unspecified atom stereocenters. The summed E-state index contributed by atoms with van der Waals surface area (Å²) in [6.45, 7) is 5.15. The predicted octanol–water partition coefficient (Wildman–Crippen LogP) is 5.71. The van der Waals surface area contributed by atoms with Crippen LogP contribution >= 0.6 is 11.6 Å². The van der Waals surface area contributed by atoms with Gasteiger partial charge in [-0.1, -0.05) is 24.1 Å². The van der Waals surface area contributed by atoms with Crippen molar-refractivity contribution in [3.8, 4) is 5.75 Å². The van der Waals surface area contributed by atoms with Crippen LogP contribution in [0.15, 0.2) is 48.8 Å². The SMILES string of the molecule is CC1CCCCN1C/C=C/C(=O)N1CCCOc2cc3ncnc(Nc4ccc(F)c(Cl)c4)c3cc21. The highest BCUT2D eigenvalue weighted by molar-refractivity contribution is 6.31. The van der Waals surface area contributed by atoms with Crippen molar-refractivity contribution in [2.75, 3.05) is 36.5 Å². The van der Waals surface area contributed by atoms with Gasteiger partial charge >= 0.3 is 0 Å². The number of anilines is 3. The smallest absolute Gasteiger partial charge is 0.250 e. The first kappa shape index (κ1) is 24.5. The second kappa shape index (κ2) is 10.8. The van der Waals surface area contributed by atoms with Gasteiger partial charge in [-0.2, -0.15) is 0 Å². The molecule has 1 saturated heterocycles. The molecule has 0 aliphatic carbocycles. The van der Waals surface area contributed by atoms with E-state index in [1.54, 1.807) is 17.0 Å². The van der Waals surface area contributed by atoms with Crippen LogP contribution in [0.5, 0.6) is 5.75 Å². The van der Waals surface area contributed by atoms with Gasteiger partial charge in [-0.3, -0.25) is 9.69 Å². The number of carbonyl (C=O) groups is 1. The summed E-state index contributed by atoms with van der Waals surface area (Å²) in [5.74, 6) is 0.564. The fourth-order valence-corrected chi connectivity index (χ4v) is 4.95. The van der Waals surface area contributed by atoms with Crippen molar-refractivity contribution in [1.82, 2.24) is 14.9 Å². The zero-order valence-corrected chi connectivity index (χ0v) is 21.0. The number of rotatable bonds is 5. The van der Waals surface area contributed by atoms with Crippen molar-refractivity contribution in [2.45, 2.75) is 38.6 Å². The fraction of sp³-hybridized carbons (Fsp3) is 0.370. The molecule has 1 atom stereocenters. The third-order valence-corrected chi connectivity index (χ3v) is 7.07. The summed E-state index contributed by atoms with van der Waals surface area (Å²) in [4.78, 5) is 26.2. The van der Waals surface area contributed by atoms with Crippen LogP contribution < -0.4 is 15.0 Å². The Bertz CT molecular complexity index is 1300. The molecule has 7 nitrogen and oxygen atoms in total. The number of benzene rings is 2. The van der Waals surface area contributed by atoms with E-state index in [0.29, 0.717) is 53.0 Å². The minimum absolute atomic E-state index is 0.0168. The van der Waals surface area contributed by atoms with Gasteiger partial charge in [-0.05, 0) is 57.0 Å². The summed E-state index contributed by atoms with van der Waals surface area (Å²) in [6.07, 6.45) is 9.48. The highest BCUT2D eigenvalue weighted by Crippen LogP contribution is 2.37. The van der Waals surface area contributed by atoms with E-state index in [2.05, 4.69) is 27.1 Å². The molecule has 2 aliphatic heterocycles. The number of hydrogen-bond donors (Lipinski definition) is 1. The second-order valence-electron chi connectivity index (χ2n) is 9.25. The van der Waals surface area contributed by atoms with Crippen molar-refractivity contribution >= 4 is 45.6 Å². The third-order valence-electron chi connectivity index (χ3n) is 6.78. The van der Waals surface area contributed by atoms with Gasteiger partial charge in [0, 0.05) is 42.3 Å². The van der Waals surface area contributed by atoms with Gasteiger partial charge in [0.15, 0.2) is 0 Å². The molecule has 5 rings (SSSR count). The molecule has 1 aromatic heterocycles. The number of carbonyl (C=O) groups excluding carboxylic acids is 1. The molecule has 3 aromatic rings. The van der Waals surface area contributed by atoms with Gasteiger partial charge < -0.3 is 15.0 Å². The van der Waals surface area contributed by atoms with E-state index < -0.39 is 5.82 Å². The molecule has 0 spiro atoms. The minimum atomic E-state index is -0.491. The van der Waals surface area contributed by atoms with E-state index in [1.807, 2.05) is 18.2 Å². The van der Waals surface area contributed by atoms with Crippen molar-refractivity contribution < 1.29 is 13.9 Å². The average molecular weight is 510 g/mol. The lowest BCUT2D eigenvalue weighted by atomic mass is 10.0. The molecule has 1 N–H and O–H groups in total. The van der Waals surface area contributed by atoms with E-state index in [9.17, 15) is 9.18 Å². The Labute approximate surface area is 214 Å². The van der Waals surface area contributed by atoms with Crippen LogP contribution in [0.25, 0.3) is 10.9 Å². The number of amides is 1. The molecular formula is C27H29ClFN5O2. The molecule has 188 valence electrons. The Morgan fingerprint density at radius 1 is 1.22 bits per heavy atom. The highest BCUT2D eigenvalue weighted by Gasteiger charge is 2.23. The Kier molecular flexibility index (Phi) is 7.34. The molecule has 3 heterocycles. The number of fused-ring (bicyclic) bond motifs is 2. The molecule has 1 amide bonds. The molecule has 36 heavy (non-hydrogen) atoms. The van der Waals surface area contributed by atoms with E-state index in [-0.39, 0.29) is 10.9 Å². The second-order valence-corrected chi connectivity index (χ2v) is 9.65. The fourth-order valence-electron chi connectivity index (χ4n) is 4.77. The number of ether oxygens (including phenoxy) is 1. The molecule has 2 aromatic carbocycles. The summed E-state index contributed by atoms with van der Waals surface area (Å²) in [6, 6.07) is 8.64. The lowest BCUT2D eigenvalue weighted by Gasteiger charge is -2.32. The Hall–Kier alpha value is -3.23. The first-order valence-corrected chi connectivity index (χ1v) is 12.7. The van der Waals surface area contributed by atoms with Crippen LogP contribution in [-0.2, 0) is 4.79 Å². The number of nitrogens with zero attached hydrogens (tertiary/aromatic N) is 4. The van der Waals surface area contributed by atoms with Gasteiger partial charge in [0.2, 0.25) is 0 Å². The molecule has 0 bridgehead atoms.